The largest absolute Gasteiger partial charge is 0.322 e. The van der Waals surface area contributed by atoms with Crippen molar-refractivity contribution in [3.8, 4) is 0 Å². The molecule has 2 aromatic carbocycles. The minimum absolute atomic E-state index is 0.0600. The molecule has 5 nitrogen and oxygen atoms in total. The second kappa shape index (κ2) is 8.38. The highest BCUT2D eigenvalue weighted by atomic mass is 32.2. The van der Waals surface area contributed by atoms with E-state index in [0.717, 1.165) is 34.1 Å². The number of carbonyl (C=O) groups is 2. The van der Waals surface area contributed by atoms with E-state index in [1.807, 2.05) is 60.7 Å². The maximum absolute atomic E-state index is 12.6. The van der Waals surface area contributed by atoms with Gasteiger partial charge >= 0.3 is 0 Å². The van der Waals surface area contributed by atoms with Crippen LogP contribution in [-0.4, -0.2) is 44.8 Å². The van der Waals surface area contributed by atoms with Crippen molar-refractivity contribution >= 4 is 35.0 Å². The number of likely N-dealkylation sites (N-methyl/N-ethyl adjacent to an activating group) is 1. The van der Waals surface area contributed by atoms with Crippen molar-refractivity contribution in [2.45, 2.75) is 11.3 Å². The lowest BCUT2D eigenvalue weighted by atomic mass is 10.2. The minimum atomic E-state index is -0.0846. The number of nitrogens with zero attached hydrogens (tertiary/aromatic N) is 1. The molecule has 2 aromatic rings. The summed E-state index contributed by atoms with van der Waals surface area (Å²) in [5.74, 6) is -0.0246. The van der Waals surface area contributed by atoms with E-state index in [9.17, 15) is 9.59 Å². The molecule has 0 saturated carbocycles. The van der Waals surface area contributed by atoms with E-state index >= 15 is 0 Å². The van der Waals surface area contributed by atoms with Gasteiger partial charge in [-0.05, 0) is 36.4 Å². The first-order chi connectivity index (χ1) is 12.6. The zero-order valence-electron chi connectivity index (χ0n) is 15.1. The molecule has 3 rings (SSSR count). The summed E-state index contributed by atoms with van der Waals surface area (Å²) in [4.78, 5) is 28.7. The molecule has 26 heavy (non-hydrogen) atoms. The van der Waals surface area contributed by atoms with Crippen molar-refractivity contribution in [3.63, 3.8) is 0 Å². The van der Waals surface area contributed by atoms with Crippen molar-refractivity contribution in [1.82, 2.24) is 0 Å². The number of para-hydroxylation sites is 2. The van der Waals surface area contributed by atoms with Crippen LogP contribution in [0.1, 0.15) is 5.56 Å². The third kappa shape index (κ3) is 4.26. The zero-order chi connectivity index (χ0) is 18.5. The highest BCUT2D eigenvalue weighted by Gasteiger charge is 2.26. The van der Waals surface area contributed by atoms with Crippen LogP contribution in [0.15, 0.2) is 53.4 Å². The van der Waals surface area contributed by atoms with Gasteiger partial charge in [-0.2, -0.15) is 0 Å². The average Bonchev–Trinajstić information content (AvgIpc) is 3.06. The zero-order valence-corrected chi connectivity index (χ0v) is 15.9. The molecular formula is C20H24N3O2S+. The topological polar surface area (TPSA) is 53.9 Å². The summed E-state index contributed by atoms with van der Waals surface area (Å²) < 4.78 is 0. The Kier molecular flexibility index (Phi) is 5.96. The predicted molar refractivity (Wildman–Crippen MR) is 106 cm³/mol. The Hall–Kier alpha value is -2.31. The Morgan fingerprint density at radius 2 is 1.85 bits per heavy atom. The van der Waals surface area contributed by atoms with Crippen molar-refractivity contribution in [2.75, 3.05) is 43.2 Å². The van der Waals surface area contributed by atoms with Gasteiger partial charge < -0.3 is 15.1 Å². The molecule has 0 aliphatic carbocycles. The number of thioether (sulfide) groups is 1. The van der Waals surface area contributed by atoms with Crippen molar-refractivity contribution < 1.29 is 14.5 Å². The first-order valence-corrected chi connectivity index (χ1v) is 9.93. The number of amides is 2. The Morgan fingerprint density at radius 1 is 1.12 bits per heavy atom. The fourth-order valence-electron chi connectivity index (χ4n) is 3.23. The molecule has 6 heteroatoms. The van der Waals surface area contributed by atoms with Crippen molar-refractivity contribution in [2.24, 2.45) is 0 Å². The highest BCUT2D eigenvalue weighted by Crippen LogP contribution is 2.27. The van der Waals surface area contributed by atoms with Crippen LogP contribution in [0.25, 0.3) is 0 Å². The monoisotopic (exact) mass is 370 g/mol. The fourth-order valence-corrected chi connectivity index (χ4v) is 3.78. The third-order valence-corrected chi connectivity index (χ3v) is 5.28. The van der Waals surface area contributed by atoms with Gasteiger partial charge in [-0.3, -0.25) is 9.59 Å². The van der Waals surface area contributed by atoms with Crippen molar-refractivity contribution in [1.29, 1.82) is 0 Å². The quantitative estimate of drug-likeness (QED) is 0.757. The predicted octanol–water partition coefficient (Wildman–Crippen LogP) is 1.45. The molecule has 1 unspecified atom stereocenters. The standard InChI is InChI=1S/C20H23N3O2S/c1-22(13-19(24)21-16-8-4-6-10-18(16)26-2)14-20(25)23-12-11-15-7-3-5-9-17(15)23/h3-10H,11-14H2,1-2H3,(H,21,24)/p+1. The Labute approximate surface area is 158 Å². The summed E-state index contributed by atoms with van der Waals surface area (Å²) in [7, 11) is 1.87. The van der Waals surface area contributed by atoms with Crippen LogP contribution in [0.3, 0.4) is 0 Å². The van der Waals surface area contributed by atoms with Gasteiger partial charge in [-0.15, -0.1) is 11.8 Å². The van der Waals surface area contributed by atoms with Crippen LogP contribution in [0.2, 0.25) is 0 Å². The first-order valence-electron chi connectivity index (χ1n) is 8.71. The number of rotatable bonds is 6. The smallest absolute Gasteiger partial charge is 0.282 e. The molecule has 0 saturated heterocycles. The molecule has 2 amide bonds. The minimum Gasteiger partial charge on any atom is -0.322 e. The van der Waals surface area contributed by atoms with Gasteiger partial charge in [-0.25, -0.2) is 0 Å². The summed E-state index contributed by atoms with van der Waals surface area (Å²) in [5, 5.41) is 2.95. The summed E-state index contributed by atoms with van der Waals surface area (Å²) in [6.45, 7) is 1.27. The number of benzene rings is 2. The lowest BCUT2D eigenvalue weighted by molar-refractivity contribution is -0.862. The number of fused-ring (bicyclic) bond motifs is 1. The van der Waals surface area contributed by atoms with Crippen LogP contribution in [0.5, 0.6) is 0 Å². The number of quaternary nitrogens is 1. The van der Waals surface area contributed by atoms with Gasteiger partial charge in [0.15, 0.2) is 13.1 Å². The second-order valence-electron chi connectivity index (χ2n) is 6.48. The van der Waals surface area contributed by atoms with E-state index in [0.29, 0.717) is 6.54 Å². The number of nitrogens with one attached hydrogen (secondary N) is 2. The molecule has 0 spiro atoms. The van der Waals surface area contributed by atoms with Crippen molar-refractivity contribution in [3.05, 3.63) is 54.1 Å². The maximum atomic E-state index is 12.6. The van der Waals surface area contributed by atoms with E-state index < -0.39 is 0 Å². The van der Waals surface area contributed by atoms with Crippen LogP contribution >= 0.6 is 11.8 Å². The molecule has 0 radical (unpaired) electrons. The van der Waals surface area contributed by atoms with E-state index in [1.165, 1.54) is 5.56 Å². The molecule has 1 aliphatic heterocycles. The molecule has 2 N–H and O–H groups in total. The number of hydrogen-bond acceptors (Lipinski definition) is 3. The molecule has 1 heterocycles. The molecule has 0 bridgehead atoms. The summed E-state index contributed by atoms with van der Waals surface area (Å²) in [6, 6.07) is 15.7. The van der Waals surface area contributed by atoms with Gasteiger partial charge in [0.05, 0.1) is 12.7 Å². The SMILES string of the molecule is CSc1ccccc1NC(=O)C[NH+](C)CC(=O)N1CCc2ccccc21. The lowest BCUT2D eigenvalue weighted by Crippen LogP contribution is -3.11. The second-order valence-corrected chi connectivity index (χ2v) is 7.33. The van der Waals surface area contributed by atoms with E-state index in [2.05, 4.69) is 11.4 Å². The van der Waals surface area contributed by atoms with Gasteiger partial charge in [-0.1, -0.05) is 30.3 Å². The van der Waals surface area contributed by atoms with E-state index in [-0.39, 0.29) is 18.4 Å². The highest BCUT2D eigenvalue weighted by molar-refractivity contribution is 7.98. The maximum Gasteiger partial charge on any atom is 0.282 e. The van der Waals surface area contributed by atoms with Crippen LogP contribution in [-0.2, 0) is 16.0 Å². The number of anilines is 2. The Bertz CT molecular complexity index is 809. The van der Waals surface area contributed by atoms with Crippen LogP contribution in [0, 0.1) is 0 Å². The molecule has 136 valence electrons. The molecule has 1 atom stereocenters. The number of carbonyl (C=O) groups excluding carboxylic acids is 2. The van der Waals surface area contributed by atoms with Crippen LogP contribution in [0.4, 0.5) is 11.4 Å². The van der Waals surface area contributed by atoms with Gasteiger partial charge in [0, 0.05) is 17.1 Å². The third-order valence-electron chi connectivity index (χ3n) is 4.48. The number of hydrogen-bond donors (Lipinski definition) is 2. The molecule has 0 fully saturated rings. The van der Waals surface area contributed by atoms with Gasteiger partial charge in [0.1, 0.15) is 0 Å². The fraction of sp³-hybridized carbons (Fsp3) is 0.300. The average molecular weight is 370 g/mol. The Balaban J connectivity index is 1.55. The summed E-state index contributed by atoms with van der Waals surface area (Å²) in [5.41, 5.74) is 3.03. The summed E-state index contributed by atoms with van der Waals surface area (Å²) in [6.07, 6.45) is 2.88. The molecular weight excluding hydrogens is 346 g/mol. The van der Waals surface area contributed by atoms with Gasteiger partial charge in [0.2, 0.25) is 0 Å². The normalized spacial score (nSPS) is 14.0. The molecule has 1 aliphatic rings. The Morgan fingerprint density at radius 3 is 2.65 bits per heavy atom. The van der Waals surface area contributed by atoms with Gasteiger partial charge in [0.25, 0.3) is 11.8 Å². The summed E-state index contributed by atoms with van der Waals surface area (Å²) >= 11 is 1.59. The van der Waals surface area contributed by atoms with E-state index in [4.69, 9.17) is 0 Å². The first kappa shape index (κ1) is 18.5. The van der Waals surface area contributed by atoms with Crippen LogP contribution < -0.4 is 15.1 Å². The molecule has 0 aromatic heterocycles. The lowest BCUT2D eigenvalue weighted by Gasteiger charge is -2.20. The van der Waals surface area contributed by atoms with E-state index in [1.54, 1.807) is 11.8 Å².